The molecule has 3 rings (SSSR count). The fraction of sp³-hybridized carbons (Fsp3) is 0.429. The first kappa shape index (κ1) is 17.9. The Balaban J connectivity index is 2.30. The second-order valence-corrected chi connectivity index (χ2v) is 8.68. The summed E-state index contributed by atoms with van der Waals surface area (Å²) >= 11 is 1.67. The smallest absolute Gasteiger partial charge is 0.142 e. The highest BCUT2D eigenvalue weighted by atomic mass is 32.1. The van der Waals surface area contributed by atoms with Crippen LogP contribution in [-0.4, -0.2) is 17.1 Å². The average Bonchev–Trinajstić information content (AvgIpc) is 3.04. The molecule has 4 heteroatoms. The van der Waals surface area contributed by atoms with Gasteiger partial charge < -0.3 is 4.74 Å². The van der Waals surface area contributed by atoms with Gasteiger partial charge in [-0.2, -0.15) is 0 Å². The van der Waals surface area contributed by atoms with Crippen molar-refractivity contribution in [2.45, 2.75) is 52.9 Å². The van der Waals surface area contributed by atoms with Crippen LogP contribution < -0.4 is 4.74 Å². The normalized spacial score (nSPS) is 12.2. The zero-order chi connectivity index (χ0) is 18.4. The standard InChI is InChI=1S/C21H26N2OS/c1-12(2)17-11-25-20(23-17)16-10-15(21(4,5)6)14-8-9-18(24-7)13(3)19(14)22-16/h8-12H,1-7H3. The van der Waals surface area contributed by atoms with Crippen LogP contribution in [0, 0.1) is 6.92 Å². The second-order valence-electron chi connectivity index (χ2n) is 7.83. The summed E-state index contributed by atoms with van der Waals surface area (Å²) in [6, 6.07) is 6.37. The van der Waals surface area contributed by atoms with Crippen molar-refractivity contribution in [1.82, 2.24) is 9.97 Å². The lowest BCUT2D eigenvalue weighted by atomic mass is 9.84. The minimum Gasteiger partial charge on any atom is -0.496 e. The van der Waals surface area contributed by atoms with E-state index in [0.29, 0.717) is 5.92 Å². The summed E-state index contributed by atoms with van der Waals surface area (Å²) in [7, 11) is 1.71. The molecule has 0 fully saturated rings. The van der Waals surface area contributed by atoms with Gasteiger partial charge in [0.2, 0.25) is 0 Å². The minimum absolute atomic E-state index is 0.0229. The first-order chi connectivity index (χ1) is 11.7. The molecule has 0 aliphatic carbocycles. The van der Waals surface area contributed by atoms with E-state index < -0.39 is 0 Å². The van der Waals surface area contributed by atoms with Gasteiger partial charge in [0.15, 0.2) is 0 Å². The molecule has 0 saturated carbocycles. The highest BCUT2D eigenvalue weighted by molar-refractivity contribution is 7.13. The zero-order valence-electron chi connectivity index (χ0n) is 16.1. The molecule has 2 heterocycles. The van der Waals surface area contributed by atoms with Gasteiger partial charge in [-0.25, -0.2) is 9.97 Å². The Hall–Kier alpha value is -1.94. The summed E-state index contributed by atoms with van der Waals surface area (Å²) in [6.45, 7) is 13.1. The Bertz CT molecular complexity index is 920. The number of hydrogen-bond acceptors (Lipinski definition) is 4. The molecule has 3 aromatic rings. The largest absolute Gasteiger partial charge is 0.496 e. The molecule has 0 atom stereocenters. The number of thiazole rings is 1. The van der Waals surface area contributed by atoms with Crippen LogP contribution in [0.3, 0.4) is 0 Å². The summed E-state index contributed by atoms with van der Waals surface area (Å²) in [5, 5.41) is 4.31. The first-order valence-electron chi connectivity index (χ1n) is 8.67. The molecule has 3 nitrogen and oxygen atoms in total. The number of aryl methyl sites for hydroxylation is 1. The molecule has 0 radical (unpaired) electrons. The van der Waals surface area contributed by atoms with Crippen molar-refractivity contribution in [2.24, 2.45) is 0 Å². The van der Waals surface area contributed by atoms with Crippen LogP contribution in [0.4, 0.5) is 0 Å². The predicted octanol–water partition coefficient (Wildman–Crippen LogP) is 6.10. The molecule has 132 valence electrons. The SMILES string of the molecule is COc1ccc2c(C(C)(C)C)cc(-c3nc(C(C)C)cs3)nc2c1C. The highest BCUT2D eigenvalue weighted by Gasteiger charge is 2.22. The molecule has 2 aromatic heterocycles. The molecule has 0 N–H and O–H groups in total. The molecule has 0 spiro atoms. The maximum absolute atomic E-state index is 5.51. The number of pyridine rings is 1. The van der Waals surface area contributed by atoms with E-state index in [9.17, 15) is 0 Å². The Labute approximate surface area is 154 Å². The summed E-state index contributed by atoms with van der Waals surface area (Å²) in [4.78, 5) is 9.78. The lowest BCUT2D eigenvalue weighted by molar-refractivity contribution is 0.412. The summed E-state index contributed by atoms with van der Waals surface area (Å²) < 4.78 is 5.51. The number of aromatic nitrogens is 2. The number of ether oxygens (including phenoxy) is 1. The Kier molecular flexibility index (Phi) is 4.58. The number of benzene rings is 1. The number of rotatable bonds is 3. The van der Waals surface area contributed by atoms with Crippen LogP contribution in [0.1, 0.15) is 57.4 Å². The van der Waals surface area contributed by atoms with Crippen LogP contribution in [0.25, 0.3) is 21.6 Å². The van der Waals surface area contributed by atoms with Crippen LogP contribution in [0.15, 0.2) is 23.6 Å². The van der Waals surface area contributed by atoms with Gasteiger partial charge in [0.25, 0.3) is 0 Å². The van der Waals surface area contributed by atoms with Crippen molar-refractivity contribution in [2.75, 3.05) is 7.11 Å². The van der Waals surface area contributed by atoms with E-state index in [0.717, 1.165) is 33.2 Å². The van der Waals surface area contributed by atoms with E-state index in [4.69, 9.17) is 14.7 Å². The molecule has 0 aliphatic rings. The van der Waals surface area contributed by atoms with E-state index in [1.54, 1.807) is 18.4 Å². The van der Waals surface area contributed by atoms with Crippen LogP contribution in [0.5, 0.6) is 5.75 Å². The zero-order valence-corrected chi connectivity index (χ0v) is 16.9. The molecule has 0 saturated heterocycles. The molecular formula is C21H26N2OS. The van der Waals surface area contributed by atoms with E-state index in [1.165, 1.54) is 10.9 Å². The van der Waals surface area contributed by atoms with Crippen LogP contribution in [-0.2, 0) is 5.41 Å². The first-order valence-corrected chi connectivity index (χ1v) is 9.55. The number of fused-ring (bicyclic) bond motifs is 1. The van der Waals surface area contributed by atoms with Crippen LogP contribution in [0.2, 0.25) is 0 Å². The minimum atomic E-state index is 0.0229. The maximum atomic E-state index is 5.51. The van der Waals surface area contributed by atoms with Gasteiger partial charge in [-0.05, 0) is 42.0 Å². The van der Waals surface area contributed by atoms with Crippen molar-refractivity contribution in [3.63, 3.8) is 0 Å². The van der Waals surface area contributed by atoms with E-state index >= 15 is 0 Å². The number of methoxy groups -OCH3 is 1. The van der Waals surface area contributed by atoms with Gasteiger partial charge >= 0.3 is 0 Å². The van der Waals surface area contributed by atoms with Crippen LogP contribution >= 0.6 is 11.3 Å². The van der Waals surface area contributed by atoms with Crippen molar-refractivity contribution in [3.05, 3.63) is 40.4 Å². The second kappa shape index (κ2) is 6.41. The lowest BCUT2D eigenvalue weighted by Gasteiger charge is -2.23. The Morgan fingerprint density at radius 1 is 1.12 bits per heavy atom. The van der Waals surface area contributed by atoms with E-state index in [1.807, 2.05) is 6.07 Å². The van der Waals surface area contributed by atoms with Gasteiger partial charge in [-0.15, -0.1) is 11.3 Å². The molecule has 0 aliphatic heterocycles. The number of nitrogens with zero attached hydrogens (tertiary/aromatic N) is 2. The monoisotopic (exact) mass is 354 g/mol. The lowest BCUT2D eigenvalue weighted by Crippen LogP contribution is -2.13. The quantitative estimate of drug-likeness (QED) is 0.570. The van der Waals surface area contributed by atoms with Gasteiger partial charge in [-0.1, -0.05) is 34.6 Å². The Morgan fingerprint density at radius 3 is 2.40 bits per heavy atom. The van der Waals surface area contributed by atoms with Gasteiger partial charge in [0.05, 0.1) is 24.0 Å². The Morgan fingerprint density at radius 2 is 1.84 bits per heavy atom. The average molecular weight is 355 g/mol. The maximum Gasteiger partial charge on any atom is 0.142 e. The molecular weight excluding hydrogens is 328 g/mol. The molecule has 25 heavy (non-hydrogen) atoms. The topological polar surface area (TPSA) is 35.0 Å². The third kappa shape index (κ3) is 3.28. The highest BCUT2D eigenvalue weighted by Crippen LogP contribution is 2.37. The van der Waals surface area contributed by atoms with E-state index in [2.05, 4.69) is 59.1 Å². The third-order valence-electron chi connectivity index (χ3n) is 4.55. The van der Waals surface area contributed by atoms with Gasteiger partial charge in [0.1, 0.15) is 10.8 Å². The third-order valence-corrected chi connectivity index (χ3v) is 5.43. The van der Waals surface area contributed by atoms with Crippen molar-refractivity contribution < 1.29 is 4.74 Å². The fourth-order valence-corrected chi connectivity index (χ4v) is 3.97. The summed E-state index contributed by atoms with van der Waals surface area (Å²) in [5.74, 6) is 1.30. The molecule has 0 amide bonds. The number of hydrogen-bond donors (Lipinski definition) is 0. The molecule has 0 unspecified atom stereocenters. The molecule has 1 aromatic carbocycles. The van der Waals surface area contributed by atoms with Gasteiger partial charge in [0, 0.05) is 16.3 Å². The van der Waals surface area contributed by atoms with E-state index in [-0.39, 0.29) is 5.41 Å². The summed E-state index contributed by atoms with van der Waals surface area (Å²) in [6.07, 6.45) is 0. The fourth-order valence-electron chi connectivity index (χ4n) is 3.03. The van der Waals surface area contributed by atoms with Crippen molar-refractivity contribution in [3.8, 4) is 16.5 Å². The molecule has 0 bridgehead atoms. The van der Waals surface area contributed by atoms with Crippen molar-refractivity contribution in [1.29, 1.82) is 0 Å². The van der Waals surface area contributed by atoms with Gasteiger partial charge in [-0.3, -0.25) is 0 Å². The van der Waals surface area contributed by atoms with Crippen molar-refractivity contribution >= 4 is 22.2 Å². The summed E-state index contributed by atoms with van der Waals surface area (Å²) in [5.41, 5.74) is 5.47. The predicted molar refractivity (Wildman–Crippen MR) is 107 cm³/mol.